The summed E-state index contributed by atoms with van der Waals surface area (Å²) in [5.41, 5.74) is 0. The fourth-order valence-electron chi connectivity index (χ4n) is 3.70. The smallest absolute Gasteiger partial charge is 0.305 e. The number of unbranched alkanes of at least 4 members (excludes halogenated alkanes) is 13. The Labute approximate surface area is 171 Å². The van der Waals surface area contributed by atoms with Gasteiger partial charge < -0.3 is 4.74 Å². The summed E-state index contributed by atoms with van der Waals surface area (Å²) in [6.45, 7) is 7.42. The molecule has 0 aromatic rings. The van der Waals surface area contributed by atoms with Crippen molar-refractivity contribution in [2.75, 3.05) is 6.61 Å². The van der Waals surface area contributed by atoms with Crippen LogP contribution in [0.15, 0.2) is 0 Å². The van der Waals surface area contributed by atoms with Crippen molar-refractivity contribution in [3.8, 4) is 0 Å². The highest BCUT2D eigenvalue weighted by Gasteiger charge is 2.11. The highest BCUT2D eigenvalue weighted by atomic mass is 16.5. The first-order valence-corrected chi connectivity index (χ1v) is 12.4. The van der Waals surface area contributed by atoms with E-state index in [1.54, 1.807) is 0 Å². The fourth-order valence-corrected chi connectivity index (χ4v) is 3.70. The zero-order chi connectivity index (χ0) is 20.0. The first kappa shape index (κ1) is 26.5. The van der Waals surface area contributed by atoms with Gasteiger partial charge in [0.05, 0.1) is 6.61 Å². The monoisotopic (exact) mass is 382 g/mol. The van der Waals surface area contributed by atoms with Crippen molar-refractivity contribution >= 4 is 5.97 Å². The number of esters is 1. The molecule has 1 atom stereocenters. The lowest BCUT2D eigenvalue weighted by atomic mass is 9.96. The second-order valence-corrected chi connectivity index (χ2v) is 8.47. The normalized spacial score (nSPS) is 12.3. The molecule has 0 heterocycles. The molecule has 0 aliphatic heterocycles. The van der Waals surface area contributed by atoms with E-state index in [0.29, 0.717) is 18.9 Å². The quantitative estimate of drug-likeness (QED) is 0.147. The second kappa shape index (κ2) is 21.8. The van der Waals surface area contributed by atoms with E-state index in [4.69, 9.17) is 4.74 Å². The van der Waals surface area contributed by atoms with E-state index in [1.807, 2.05) is 0 Å². The summed E-state index contributed by atoms with van der Waals surface area (Å²) in [6.07, 6.45) is 23.9. The van der Waals surface area contributed by atoms with E-state index >= 15 is 0 Å². The average molecular weight is 383 g/mol. The van der Waals surface area contributed by atoms with Crippen molar-refractivity contribution in [3.05, 3.63) is 0 Å². The van der Waals surface area contributed by atoms with Gasteiger partial charge in [0.2, 0.25) is 0 Å². The molecular formula is C25H50O2. The van der Waals surface area contributed by atoms with Gasteiger partial charge in [-0.15, -0.1) is 0 Å². The van der Waals surface area contributed by atoms with Crippen molar-refractivity contribution in [2.45, 2.75) is 143 Å². The predicted octanol–water partition coefficient (Wildman–Crippen LogP) is 8.62. The molecule has 27 heavy (non-hydrogen) atoms. The van der Waals surface area contributed by atoms with Crippen LogP contribution in [-0.2, 0) is 9.53 Å². The number of hydrogen-bond acceptors (Lipinski definition) is 2. The second-order valence-electron chi connectivity index (χ2n) is 8.47. The number of carbonyl (C=O) groups excluding carboxylic acids is 1. The molecule has 0 saturated heterocycles. The van der Waals surface area contributed by atoms with E-state index in [1.165, 1.54) is 109 Å². The molecule has 0 fully saturated rings. The van der Waals surface area contributed by atoms with Gasteiger partial charge in [0.1, 0.15) is 0 Å². The van der Waals surface area contributed by atoms with Crippen LogP contribution in [0, 0.1) is 5.92 Å². The van der Waals surface area contributed by atoms with E-state index < -0.39 is 0 Å². The fraction of sp³-hybridized carbons (Fsp3) is 0.960. The summed E-state index contributed by atoms with van der Waals surface area (Å²) in [5.74, 6) is 0.614. The van der Waals surface area contributed by atoms with Crippen molar-refractivity contribution in [2.24, 2.45) is 5.92 Å². The maximum atomic E-state index is 12.0. The minimum Gasteiger partial charge on any atom is -0.465 e. The first-order chi connectivity index (χ1) is 13.2. The van der Waals surface area contributed by atoms with Crippen LogP contribution in [0.4, 0.5) is 0 Å². The Hall–Kier alpha value is -0.530. The van der Waals surface area contributed by atoms with Crippen LogP contribution in [0.25, 0.3) is 0 Å². The molecule has 0 aliphatic carbocycles. The molecule has 2 nitrogen and oxygen atoms in total. The van der Waals surface area contributed by atoms with Crippen LogP contribution in [0.2, 0.25) is 0 Å². The largest absolute Gasteiger partial charge is 0.465 e. The third-order valence-electron chi connectivity index (χ3n) is 5.65. The average Bonchev–Trinajstić information content (AvgIpc) is 2.68. The number of rotatable bonds is 21. The Bertz CT molecular complexity index is 301. The van der Waals surface area contributed by atoms with Crippen LogP contribution in [-0.4, -0.2) is 12.6 Å². The zero-order valence-electron chi connectivity index (χ0n) is 19.0. The van der Waals surface area contributed by atoms with E-state index in [2.05, 4.69) is 20.8 Å². The van der Waals surface area contributed by atoms with Crippen molar-refractivity contribution in [1.82, 2.24) is 0 Å². The van der Waals surface area contributed by atoms with Gasteiger partial charge >= 0.3 is 5.97 Å². The van der Waals surface area contributed by atoms with Gasteiger partial charge in [-0.05, 0) is 25.2 Å². The van der Waals surface area contributed by atoms with E-state index in [-0.39, 0.29) is 5.97 Å². The summed E-state index contributed by atoms with van der Waals surface area (Å²) in [6, 6.07) is 0. The topological polar surface area (TPSA) is 26.3 Å². The molecule has 162 valence electrons. The van der Waals surface area contributed by atoms with E-state index in [0.717, 1.165) is 6.42 Å². The molecular weight excluding hydrogens is 332 g/mol. The van der Waals surface area contributed by atoms with Crippen LogP contribution < -0.4 is 0 Å². The molecule has 0 radical (unpaired) electrons. The Morgan fingerprint density at radius 2 is 1.04 bits per heavy atom. The summed E-state index contributed by atoms with van der Waals surface area (Å²) >= 11 is 0. The molecule has 0 aliphatic rings. The number of ether oxygens (including phenoxy) is 1. The number of hydrogen-bond donors (Lipinski definition) is 0. The summed E-state index contributed by atoms with van der Waals surface area (Å²) < 4.78 is 5.60. The molecule has 0 aromatic heterocycles. The Morgan fingerprint density at radius 3 is 1.59 bits per heavy atom. The van der Waals surface area contributed by atoms with Gasteiger partial charge in [0.25, 0.3) is 0 Å². The van der Waals surface area contributed by atoms with Crippen LogP contribution in [0.5, 0.6) is 0 Å². The molecule has 0 amide bonds. The van der Waals surface area contributed by atoms with E-state index in [9.17, 15) is 4.79 Å². The first-order valence-electron chi connectivity index (χ1n) is 12.4. The summed E-state index contributed by atoms with van der Waals surface area (Å²) in [4.78, 5) is 12.0. The van der Waals surface area contributed by atoms with Gasteiger partial charge in [0.15, 0.2) is 0 Å². The summed E-state index contributed by atoms with van der Waals surface area (Å²) in [7, 11) is 0. The third kappa shape index (κ3) is 20.0. The van der Waals surface area contributed by atoms with Crippen LogP contribution >= 0.6 is 0 Å². The van der Waals surface area contributed by atoms with Crippen LogP contribution in [0.1, 0.15) is 143 Å². The highest BCUT2D eigenvalue weighted by Crippen LogP contribution is 2.18. The predicted molar refractivity (Wildman–Crippen MR) is 119 cm³/mol. The minimum atomic E-state index is 0.0321. The van der Waals surface area contributed by atoms with Crippen molar-refractivity contribution in [1.29, 1.82) is 0 Å². The van der Waals surface area contributed by atoms with Gasteiger partial charge in [-0.3, -0.25) is 4.79 Å². The molecule has 0 aromatic carbocycles. The maximum Gasteiger partial charge on any atom is 0.305 e. The molecule has 0 rings (SSSR count). The van der Waals surface area contributed by atoms with Crippen LogP contribution in [0.3, 0.4) is 0 Å². The zero-order valence-corrected chi connectivity index (χ0v) is 19.0. The van der Waals surface area contributed by atoms with Gasteiger partial charge in [-0.2, -0.15) is 0 Å². The molecule has 0 spiro atoms. The Kier molecular flexibility index (Phi) is 21.3. The molecule has 0 bridgehead atoms. The SMILES string of the molecule is CCCCCCCCCCCCC(=O)OCC(CCCC)CCCCCC. The highest BCUT2D eigenvalue weighted by molar-refractivity contribution is 5.69. The van der Waals surface area contributed by atoms with Crippen molar-refractivity contribution < 1.29 is 9.53 Å². The lowest BCUT2D eigenvalue weighted by Gasteiger charge is -2.16. The maximum absolute atomic E-state index is 12.0. The van der Waals surface area contributed by atoms with Gasteiger partial charge in [0, 0.05) is 6.42 Å². The summed E-state index contributed by atoms with van der Waals surface area (Å²) in [5, 5.41) is 0. The van der Waals surface area contributed by atoms with Gasteiger partial charge in [-0.25, -0.2) is 0 Å². The Balaban J connectivity index is 3.61. The van der Waals surface area contributed by atoms with Gasteiger partial charge in [-0.1, -0.05) is 117 Å². The third-order valence-corrected chi connectivity index (χ3v) is 5.65. The minimum absolute atomic E-state index is 0.0321. The lowest BCUT2D eigenvalue weighted by molar-refractivity contribution is -0.145. The molecule has 0 N–H and O–H groups in total. The number of carbonyl (C=O) groups is 1. The standard InChI is InChI=1S/C25H50O2/c1-4-7-10-12-13-14-15-16-17-19-22-25(26)27-23-24(20-9-6-3)21-18-11-8-5-2/h24H,4-23H2,1-3H3. The molecule has 0 saturated carbocycles. The molecule has 2 heteroatoms. The molecule has 1 unspecified atom stereocenters. The lowest BCUT2D eigenvalue weighted by Crippen LogP contribution is -2.14. The Morgan fingerprint density at radius 1 is 0.593 bits per heavy atom. The van der Waals surface area contributed by atoms with Crippen molar-refractivity contribution in [3.63, 3.8) is 0 Å².